The van der Waals surface area contributed by atoms with Crippen molar-refractivity contribution in [2.24, 2.45) is 0 Å². The number of nitrogens with one attached hydrogen (secondary N) is 1. The Morgan fingerprint density at radius 3 is 2.13 bits per heavy atom. The van der Waals surface area contributed by atoms with Gasteiger partial charge in [0.2, 0.25) is 15.9 Å². The van der Waals surface area contributed by atoms with E-state index >= 15 is 0 Å². The molecule has 0 unspecified atom stereocenters. The van der Waals surface area contributed by atoms with Gasteiger partial charge >= 0.3 is 6.18 Å². The van der Waals surface area contributed by atoms with E-state index in [1.165, 1.54) is 31.2 Å². The standard InChI is InChI=1S/C13H15F3N2O4S/c1-9(19)10-3-5-11(6-4-10)23(21,22)18(2)7-12(20)17-8-13(14,15)16/h3-6H,7-8H2,1-2H3,(H,17,20). The molecule has 0 heterocycles. The quantitative estimate of drug-likeness (QED) is 0.780. The van der Waals surface area contributed by atoms with Crippen molar-refractivity contribution >= 4 is 21.7 Å². The molecule has 6 nitrogen and oxygen atoms in total. The first kappa shape index (κ1) is 19.1. The predicted octanol–water partition coefficient (Wildman–Crippen LogP) is 1.19. The van der Waals surface area contributed by atoms with Crippen molar-refractivity contribution in [3.05, 3.63) is 29.8 Å². The summed E-state index contributed by atoms with van der Waals surface area (Å²) in [7, 11) is -2.98. The normalized spacial score (nSPS) is 12.3. The summed E-state index contributed by atoms with van der Waals surface area (Å²) in [6, 6.07) is 5.01. The monoisotopic (exact) mass is 352 g/mol. The van der Waals surface area contributed by atoms with E-state index in [1.807, 2.05) is 0 Å². The molecule has 23 heavy (non-hydrogen) atoms. The SMILES string of the molecule is CC(=O)c1ccc(S(=O)(=O)N(C)CC(=O)NCC(F)(F)F)cc1. The molecular formula is C13H15F3N2O4S. The Kier molecular flexibility index (Phi) is 5.89. The third-order valence-corrected chi connectivity index (χ3v) is 4.64. The minimum atomic E-state index is -4.57. The number of halogens is 3. The van der Waals surface area contributed by atoms with Crippen LogP contribution in [0.2, 0.25) is 0 Å². The minimum Gasteiger partial charge on any atom is -0.346 e. The van der Waals surface area contributed by atoms with Crippen LogP contribution in [0.3, 0.4) is 0 Å². The van der Waals surface area contributed by atoms with Crippen LogP contribution in [0.5, 0.6) is 0 Å². The maximum Gasteiger partial charge on any atom is 0.405 e. The third kappa shape index (κ3) is 5.64. The van der Waals surface area contributed by atoms with Crippen molar-refractivity contribution in [1.82, 2.24) is 9.62 Å². The van der Waals surface area contributed by atoms with E-state index in [9.17, 15) is 31.2 Å². The number of likely N-dealkylation sites (N-methyl/N-ethyl adjacent to an activating group) is 1. The smallest absolute Gasteiger partial charge is 0.346 e. The predicted molar refractivity (Wildman–Crippen MR) is 75.3 cm³/mol. The number of ketones is 1. The van der Waals surface area contributed by atoms with Gasteiger partial charge in [-0.3, -0.25) is 9.59 Å². The lowest BCUT2D eigenvalue weighted by atomic mass is 10.2. The van der Waals surface area contributed by atoms with Crippen LogP contribution in [0.1, 0.15) is 17.3 Å². The molecule has 1 aromatic rings. The molecule has 1 N–H and O–H groups in total. The van der Waals surface area contributed by atoms with Crippen LogP contribution < -0.4 is 5.32 Å². The van der Waals surface area contributed by atoms with Gasteiger partial charge in [0, 0.05) is 12.6 Å². The highest BCUT2D eigenvalue weighted by Gasteiger charge is 2.29. The summed E-state index contributed by atoms with van der Waals surface area (Å²) in [6.45, 7) is -0.972. The molecule has 0 atom stereocenters. The summed E-state index contributed by atoms with van der Waals surface area (Å²) >= 11 is 0. The number of amides is 1. The van der Waals surface area contributed by atoms with Gasteiger partial charge in [-0.2, -0.15) is 17.5 Å². The molecular weight excluding hydrogens is 337 g/mol. The van der Waals surface area contributed by atoms with Gasteiger partial charge in [0.05, 0.1) is 11.4 Å². The second-order valence-electron chi connectivity index (χ2n) is 4.73. The second-order valence-corrected chi connectivity index (χ2v) is 6.78. The Balaban J connectivity index is 2.79. The van der Waals surface area contributed by atoms with Crippen LogP contribution in [0.25, 0.3) is 0 Å². The summed E-state index contributed by atoms with van der Waals surface area (Å²) in [4.78, 5) is 22.3. The Labute approximate surface area is 131 Å². The first-order valence-corrected chi connectivity index (χ1v) is 7.78. The maximum absolute atomic E-state index is 12.2. The summed E-state index contributed by atoms with van der Waals surface area (Å²) in [5.41, 5.74) is 0.314. The summed E-state index contributed by atoms with van der Waals surface area (Å²) in [5, 5.41) is 1.59. The number of sulfonamides is 1. The summed E-state index contributed by atoms with van der Waals surface area (Å²) in [5.74, 6) is -1.32. The second kappa shape index (κ2) is 7.09. The Morgan fingerprint density at radius 1 is 1.17 bits per heavy atom. The van der Waals surface area contributed by atoms with Crippen molar-refractivity contribution in [2.75, 3.05) is 20.1 Å². The number of Topliss-reactive ketones (excluding diaryl/α,β-unsaturated/α-hetero) is 1. The van der Waals surface area contributed by atoms with Gasteiger partial charge in [0.25, 0.3) is 0 Å². The Hall–Kier alpha value is -1.94. The van der Waals surface area contributed by atoms with E-state index in [4.69, 9.17) is 0 Å². The van der Waals surface area contributed by atoms with Crippen molar-refractivity contribution in [2.45, 2.75) is 18.0 Å². The fourth-order valence-corrected chi connectivity index (χ4v) is 2.71. The van der Waals surface area contributed by atoms with Crippen LogP contribution >= 0.6 is 0 Å². The number of nitrogens with zero attached hydrogens (tertiary/aromatic N) is 1. The van der Waals surface area contributed by atoms with Gasteiger partial charge in [-0.1, -0.05) is 12.1 Å². The average molecular weight is 352 g/mol. The van der Waals surface area contributed by atoms with Gasteiger partial charge in [0.1, 0.15) is 6.54 Å². The number of hydrogen-bond donors (Lipinski definition) is 1. The molecule has 0 fully saturated rings. The lowest BCUT2D eigenvalue weighted by molar-refractivity contribution is -0.138. The van der Waals surface area contributed by atoms with Gasteiger partial charge in [-0.25, -0.2) is 8.42 Å². The molecule has 0 aromatic heterocycles. The number of benzene rings is 1. The molecule has 0 bridgehead atoms. The molecule has 0 saturated heterocycles. The molecule has 0 aliphatic rings. The highest BCUT2D eigenvalue weighted by Crippen LogP contribution is 2.16. The summed E-state index contributed by atoms with van der Waals surface area (Å²) in [6.07, 6.45) is -4.57. The molecule has 10 heteroatoms. The molecule has 0 aliphatic heterocycles. The topological polar surface area (TPSA) is 83.6 Å². The summed E-state index contributed by atoms with van der Waals surface area (Å²) < 4.78 is 60.9. The lowest BCUT2D eigenvalue weighted by Crippen LogP contribution is -2.41. The molecule has 0 radical (unpaired) electrons. The number of rotatable bonds is 6. The fourth-order valence-electron chi connectivity index (χ4n) is 1.58. The zero-order valence-electron chi connectivity index (χ0n) is 12.3. The fraction of sp³-hybridized carbons (Fsp3) is 0.385. The van der Waals surface area contributed by atoms with Crippen LogP contribution in [0, 0.1) is 0 Å². The van der Waals surface area contributed by atoms with E-state index in [1.54, 1.807) is 5.32 Å². The lowest BCUT2D eigenvalue weighted by Gasteiger charge is -2.17. The zero-order valence-corrected chi connectivity index (χ0v) is 13.2. The number of carbonyl (C=O) groups excluding carboxylic acids is 2. The van der Waals surface area contributed by atoms with Gasteiger partial charge < -0.3 is 5.32 Å². The third-order valence-electron chi connectivity index (χ3n) is 2.82. The number of carbonyl (C=O) groups is 2. The van der Waals surface area contributed by atoms with Crippen LogP contribution in [0.4, 0.5) is 13.2 Å². The maximum atomic E-state index is 12.2. The highest BCUT2D eigenvalue weighted by atomic mass is 32.2. The van der Waals surface area contributed by atoms with Gasteiger partial charge in [0.15, 0.2) is 5.78 Å². The van der Waals surface area contributed by atoms with Gasteiger partial charge in [-0.05, 0) is 19.1 Å². The Morgan fingerprint density at radius 2 is 1.70 bits per heavy atom. The van der Waals surface area contributed by atoms with Gasteiger partial charge in [-0.15, -0.1) is 0 Å². The van der Waals surface area contributed by atoms with Crippen LogP contribution in [0.15, 0.2) is 29.2 Å². The van der Waals surface area contributed by atoms with E-state index in [-0.39, 0.29) is 10.7 Å². The van der Waals surface area contributed by atoms with Crippen molar-refractivity contribution in [3.8, 4) is 0 Å². The minimum absolute atomic E-state index is 0.173. The molecule has 1 rings (SSSR count). The van der Waals surface area contributed by atoms with E-state index in [0.717, 1.165) is 7.05 Å². The molecule has 0 saturated carbocycles. The van der Waals surface area contributed by atoms with E-state index < -0.39 is 35.2 Å². The van der Waals surface area contributed by atoms with Crippen LogP contribution in [-0.2, 0) is 14.8 Å². The Bertz CT molecular complexity index is 684. The molecule has 0 aliphatic carbocycles. The van der Waals surface area contributed by atoms with Crippen LogP contribution in [-0.4, -0.2) is 50.7 Å². The van der Waals surface area contributed by atoms with E-state index in [0.29, 0.717) is 9.87 Å². The molecule has 128 valence electrons. The van der Waals surface area contributed by atoms with E-state index in [2.05, 4.69) is 0 Å². The molecule has 0 spiro atoms. The largest absolute Gasteiger partial charge is 0.405 e. The first-order valence-electron chi connectivity index (χ1n) is 6.34. The first-order chi connectivity index (χ1) is 10.4. The van der Waals surface area contributed by atoms with Crippen molar-refractivity contribution < 1.29 is 31.2 Å². The highest BCUT2D eigenvalue weighted by molar-refractivity contribution is 7.89. The van der Waals surface area contributed by atoms with Crippen molar-refractivity contribution in [1.29, 1.82) is 0 Å². The zero-order chi connectivity index (χ0) is 17.8. The molecule has 1 aromatic carbocycles. The average Bonchev–Trinajstić information content (AvgIpc) is 2.44. The van der Waals surface area contributed by atoms with Crippen molar-refractivity contribution in [3.63, 3.8) is 0 Å². The number of alkyl halides is 3. The molecule has 1 amide bonds. The number of hydrogen-bond acceptors (Lipinski definition) is 4.